The van der Waals surface area contributed by atoms with Crippen molar-refractivity contribution in [1.82, 2.24) is 15.0 Å². The first kappa shape index (κ1) is 20.0. The highest BCUT2D eigenvalue weighted by Gasteiger charge is 2.08. The van der Waals surface area contributed by atoms with Crippen LogP contribution < -0.4 is 16.4 Å². The second-order valence-corrected chi connectivity index (χ2v) is 7.56. The SMILES string of the molecule is CSc1cccc(NC(=O)CSCc2nc(N)nc(Nc3ccccc3)n2)c1. The standard InChI is InChI=1S/C19H20N6OS2/c1-27-15-9-5-8-14(10-15)21-17(26)12-28-11-16-23-18(20)25-19(24-16)22-13-6-3-2-4-7-13/h2-10H,11-12H2,1H3,(H,21,26)(H3,20,22,23,24,25). The number of nitrogens with zero attached hydrogens (tertiary/aromatic N) is 3. The fraction of sp³-hybridized carbons (Fsp3) is 0.158. The lowest BCUT2D eigenvalue weighted by Crippen LogP contribution is -2.14. The topological polar surface area (TPSA) is 106 Å². The second-order valence-electron chi connectivity index (χ2n) is 5.70. The van der Waals surface area contributed by atoms with Crippen molar-refractivity contribution in [2.24, 2.45) is 0 Å². The van der Waals surface area contributed by atoms with Crippen molar-refractivity contribution >= 4 is 52.7 Å². The van der Waals surface area contributed by atoms with Crippen LogP contribution in [0.2, 0.25) is 0 Å². The van der Waals surface area contributed by atoms with E-state index in [4.69, 9.17) is 5.73 Å². The van der Waals surface area contributed by atoms with Gasteiger partial charge in [-0.15, -0.1) is 23.5 Å². The van der Waals surface area contributed by atoms with Gasteiger partial charge in [-0.05, 0) is 36.6 Å². The Kier molecular flexibility index (Phi) is 7.10. The summed E-state index contributed by atoms with van der Waals surface area (Å²) in [5.74, 6) is 1.71. The number of aromatic nitrogens is 3. The van der Waals surface area contributed by atoms with Crippen LogP contribution in [-0.2, 0) is 10.5 Å². The van der Waals surface area contributed by atoms with E-state index in [2.05, 4.69) is 25.6 Å². The maximum absolute atomic E-state index is 12.1. The summed E-state index contributed by atoms with van der Waals surface area (Å²) in [5, 5.41) is 5.99. The molecule has 0 aliphatic rings. The number of nitrogen functional groups attached to an aromatic ring is 1. The number of anilines is 4. The Bertz CT molecular complexity index is 939. The molecule has 144 valence electrons. The summed E-state index contributed by atoms with van der Waals surface area (Å²) in [6, 6.07) is 17.3. The molecular weight excluding hydrogens is 392 g/mol. The average Bonchev–Trinajstić information content (AvgIpc) is 2.68. The monoisotopic (exact) mass is 412 g/mol. The number of hydrogen-bond acceptors (Lipinski definition) is 8. The molecule has 0 radical (unpaired) electrons. The quantitative estimate of drug-likeness (QED) is 0.480. The number of amides is 1. The van der Waals surface area contributed by atoms with Gasteiger partial charge in [-0.3, -0.25) is 4.79 Å². The summed E-state index contributed by atoms with van der Waals surface area (Å²) in [4.78, 5) is 25.9. The molecule has 0 unspecified atom stereocenters. The molecule has 7 nitrogen and oxygen atoms in total. The number of carbonyl (C=O) groups excluding carboxylic acids is 1. The van der Waals surface area contributed by atoms with E-state index in [1.165, 1.54) is 11.8 Å². The minimum atomic E-state index is -0.0760. The van der Waals surface area contributed by atoms with E-state index in [1.54, 1.807) is 11.8 Å². The van der Waals surface area contributed by atoms with Gasteiger partial charge in [0.05, 0.1) is 11.5 Å². The normalized spacial score (nSPS) is 10.5. The molecule has 3 rings (SSSR count). The summed E-state index contributed by atoms with van der Waals surface area (Å²) in [6.07, 6.45) is 2.00. The number of hydrogen-bond donors (Lipinski definition) is 3. The zero-order valence-electron chi connectivity index (χ0n) is 15.3. The van der Waals surface area contributed by atoms with Crippen LogP contribution in [0.1, 0.15) is 5.82 Å². The Morgan fingerprint density at radius 3 is 2.61 bits per heavy atom. The van der Waals surface area contributed by atoms with Crippen LogP contribution in [0.25, 0.3) is 0 Å². The van der Waals surface area contributed by atoms with E-state index in [9.17, 15) is 4.79 Å². The van der Waals surface area contributed by atoms with Crippen molar-refractivity contribution in [2.45, 2.75) is 10.6 Å². The van der Waals surface area contributed by atoms with Crippen LogP contribution in [-0.4, -0.2) is 32.9 Å². The zero-order chi connectivity index (χ0) is 19.8. The van der Waals surface area contributed by atoms with Gasteiger partial charge in [-0.2, -0.15) is 15.0 Å². The molecule has 0 saturated carbocycles. The fourth-order valence-electron chi connectivity index (χ4n) is 2.34. The molecule has 0 atom stereocenters. The maximum Gasteiger partial charge on any atom is 0.234 e. The van der Waals surface area contributed by atoms with Crippen molar-refractivity contribution < 1.29 is 4.79 Å². The summed E-state index contributed by atoms with van der Waals surface area (Å²) in [6.45, 7) is 0. The zero-order valence-corrected chi connectivity index (χ0v) is 16.9. The Labute approximate surface area is 172 Å². The van der Waals surface area contributed by atoms with Crippen LogP contribution in [0.15, 0.2) is 59.5 Å². The van der Waals surface area contributed by atoms with E-state index in [1.807, 2.05) is 60.9 Å². The molecule has 1 heterocycles. The summed E-state index contributed by atoms with van der Waals surface area (Å²) in [7, 11) is 0. The third kappa shape index (κ3) is 6.14. The molecule has 0 aliphatic heterocycles. The third-order valence-electron chi connectivity index (χ3n) is 3.55. The van der Waals surface area contributed by atoms with Gasteiger partial charge < -0.3 is 16.4 Å². The van der Waals surface area contributed by atoms with E-state index < -0.39 is 0 Å². The van der Waals surface area contributed by atoms with Gasteiger partial charge in [-0.1, -0.05) is 24.3 Å². The van der Waals surface area contributed by atoms with Crippen molar-refractivity contribution in [3.05, 3.63) is 60.4 Å². The predicted molar refractivity (Wildman–Crippen MR) is 117 cm³/mol. The number of thioether (sulfide) groups is 2. The summed E-state index contributed by atoms with van der Waals surface area (Å²) >= 11 is 3.05. The Morgan fingerprint density at radius 1 is 1.04 bits per heavy atom. The molecule has 28 heavy (non-hydrogen) atoms. The largest absolute Gasteiger partial charge is 0.368 e. The van der Waals surface area contributed by atoms with Crippen molar-refractivity contribution in [2.75, 3.05) is 28.4 Å². The highest BCUT2D eigenvalue weighted by Crippen LogP contribution is 2.20. The first-order chi connectivity index (χ1) is 13.6. The molecule has 9 heteroatoms. The van der Waals surface area contributed by atoms with Gasteiger partial charge in [0.25, 0.3) is 0 Å². The lowest BCUT2D eigenvalue weighted by molar-refractivity contribution is -0.113. The number of rotatable bonds is 8. The van der Waals surface area contributed by atoms with Crippen LogP contribution in [0.3, 0.4) is 0 Å². The molecule has 0 spiro atoms. The maximum atomic E-state index is 12.1. The minimum absolute atomic E-state index is 0.0760. The Morgan fingerprint density at radius 2 is 1.82 bits per heavy atom. The number of nitrogens with two attached hydrogens (primary N) is 1. The fourth-order valence-corrected chi connectivity index (χ4v) is 3.47. The predicted octanol–water partition coefficient (Wildman–Crippen LogP) is 3.79. The van der Waals surface area contributed by atoms with Gasteiger partial charge in [-0.25, -0.2) is 0 Å². The second kappa shape index (κ2) is 9.95. The number of benzene rings is 2. The molecule has 0 aliphatic carbocycles. The van der Waals surface area contributed by atoms with E-state index in [-0.39, 0.29) is 17.6 Å². The molecule has 4 N–H and O–H groups in total. The van der Waals surface area contributed by atoms with Crippen molar-refractivity contribution in [3.8, 4) is 0 Å². The molecule has 1 aromatic heterocycles. The van der Waals surface area contributed by atoms with Crippen molar-refractivity contribution in [3.63, 3.8) is 0 Å². The highest BCUT2D eigenvalue weighted by molar-refractivity contribution is 7.99. The summed E-state index contributed by atoms with van der Waals surface area (Å²) in [5.41, 5.74) is 7.43. The molecule has 3 aromatic rings. The van der Waals surface area contributed by atoms with Gasteiger partial charge in [0.15, 0.2) is 0 Å². The Hall–Kier alpha value is -2.78. The van der Waals surface area contributed by atoms with Gasteiger partial charge >= 0.3 is 0 Å². The van der Waals surface area contributed by atoms with E-state index in [0.717, 1.165) is 16.3 Å². The van der Waals surface area contributed by atoms with Crippen LogP contribution in [0.5, 0.6) is 0 Å². The summed E-state index contributed by atoms with van der Waals surface area (Å²) < 4.78 is 0. The first-order valence-electron chi connectivity index (χ1n) is 8.46. The molecule has 1 amide bonds. The van der Waals surface area contributed by atoms with Gasteiger partial charge in [0, 0.05) is 16.3 Å². The van der Waals surface area contributed by atoms with Crippen molar-refractivity contribution in [1.29, 1.82) is 0 Å². The van der Waals surface area contributed by atoms with Crippen LogP contribution in [0, 0.1) is 0 Å². The third-order valence-corrected chi connectivity index (χ3v) is 5.20. The highest BCUT2D eigenvalue weighted by atomic mass is 32.2. The average molecular weight is 413 g/mol. The van der Waals surface area contributed by atoms with Gasteiger partial charge in [0.2, 0.25) is 17.8 Å². The molecule has 2 aromatic carbocycles. The first-order valence-corrected chi connectivity index (χ1v) is 10.8. The smallest absolute Gasteiger partial charge is 0.234 e. The molecule has 0 fully saturated rings. The lowest BCUT2D eigenvalue weighted by Gasteiger charge is -2.08. The Balaban J connectivity index is 1.53. The lowest BCUT2D eigenvalue weighted by atomic mass is 10.3. The number of para-hydroxylation sites is 1. The van der Waals surface area contributed by atoms with E-state index >= 15 is 0 Å². The van der Waals surface area contributed by atoms with E-state index in [0.29, 0.717) is 17.5 Å². The molecule has 0 saturated heterocycles. The number of carbonyl (C=O) groups is 1. The minimum Gasteiger partial charge on any atom is -0.368 e. The van der Waals surface area contributed by atoms with Crippen LogP contribution in [0.4, 0.5) is 23.3 Å². The molecular formula is C19H20N6OS2. The van der Waals surface area contributed by atoms with Crippen LogP contribution >= 0.6 is 23.5 Å². The molecule has 0 bridgehead atoms. The number of nitrogens with one attached hydrogen (secondary N) is 2. The van der Waals surface area contributed by atoms with Gasteiger partial charge in [0.1, 0.15) is 5.82 Å².